The highest BCUT2D eigenvalue weighted by molar-refractivity contribution is 4.65. The third-order valence-corrected chi connectivity index (χ3v) is 1.61. The Morgan fingerprint density at radius 2 is 1.90 bits per heavy atom. The van der Waals surface area contributed by atoms with Gasteiger partial charge in [0.05, 0.1) is 0 Å². The molecule has 0 saturated carbocycles. The van der Waals surface area contributed by atoms with Gasteiger partial charge in [0.2, 0.25) is 0 Å². The Labute approximate surface area is 63.1 Å². The largest absolute Gasteiger partial charge is 0.198 e. The quantitative estimate of drug-likeness (QED) is 0.332. The Hall–Kier alpha value is -0.0800. The van der Waals surface area contributed by atoms with E-state index in [0.717, 1.165) is 12.8 Å². The maximum atomic E-state index is 10.0. The first-order chi connectivity index (χ1) is 4.62. The standard InChI is InChI=1S/C8H17O2/c1-4-5-6-7-8(2,3)10-9/h4-7H2,1-3H3. The first-order valence-electron chi connectivity index (χ1n) is 3.93. The van der Waals surface area contributed by atoms with Crippen LogP contribution in [0.5, 0.6) is 0 Å². The summed E-state index contributed by atoms with van der Waals surface area (Å²) < 4.78 is 0. The third-order valence-electron chi connectivity index (χ3n) is 1.61. The van der Waals surface area contributed by atoms with Gasteiger partial charge in [-0.3, -0.25) is 0 Å². The van der Waals surface area contributed by atoms with E-state index in [1.807, 2.05) is 13.8 Å². The van der Waals surface area contributed by atoms with Gasteiger partial charge in [-0.15, -0.1) is 0 Å². The predicted molar refractivity (Wildman–Crippen MR) is 40.0 cm³/mol. The fraction of sp³-hybridized carbons (Fsp3) is 1.00. The smallest absolute Gasteiger partial charge is 0.101 e. The molecule has 0 aliphatic heterocycles. The van der Waals surface area contributed by atoms with E-state index in [1.54, 1.807) is 0 Å². The van der Waals surface area contributed by atoms with Gasteiger partial charge in [-0.05, 0) is 25.5 Å². The highest BCUT2D eigenvalue weighted by atomic mass is 17.1. The van der Waals surface area contributed by atoms with Gasteiger partial charge in [0.25, 0.3) is 0 Å². The molecule has 0 amide bonds. The fourth-order valence-corrected chi connectivity index (χ4v) is 0.842. The van der Waals surface area contributed by atoms with Gasteiger partial charge in [-0.2, -0.15) is 4.89 Å². The average molecular weight is 145 g/mol. The summed E-state index contributed by atoms with van der Waals surface area (Å²) >= 11 is 0. The molecule has 0 bridgehead atoms. The molecule has 0 aromatic rings. The molecule has 0 rings (SSSR count). The van der Waals surface area contributed by atoms with Gasteiger partial charge in [0, 0.05) is 0 Å². The molecular weight excluding hydrogens is 128 g/mol. The molecule has 2 nitrogen and oxygen atoms in total. The molecule has 10 heavy (non-hydrogen) atoms. The molecule has 0 atom stereocenters. The molecule has 0 N–H and O–H groups in total. The van der Waals surface area contributed by atoms with Crippen molar-refractivity contribution in [2.24, 2.45) is 0 Å². The van der Waals surface area contributed by atoms with Crippen LogP contribution in [0.3, 0.4) is 0 Å². The summed E-state index contributed by atoms with van der Waals surface area (Å²) in [6.45, 7) is 5.80. The van der Waals surface area contributed by atoms with Crippen LogP contribution in [0, 0.1) is 0 Å². The Kier molecular flexibility index (Phi) is 4.65. The lowest BCUT2D eigenvalue weighted by Gasteiger charge is -2.17. The van der Waals surface area contributed by atoms with Crippen molar-refractivity contribution >= 4 is 0 Å². The lowest BCUT2D eigenvalue weighted by atomic mass is 10.0. The van der Waals surface area contributed by atoms with E-state index < -0.39 is 5.60 Å². The van der Waals surface area contributed by atoms with Crippen molar-refractivity contribution in [2.75, 3.05) is 0 Å². The second kappa shape index (κ2) is 4.69. The van der Waals surface area contributed by atoms with Crippen LogP contribution in [-0.4, -0.2) is 5.60 Å². The van der Waals surface area contributed by atoms with E-state index in [2.05, 4.69) is 11.8 Å². The number of unbranched alkanes of at least 4 members (excludes halogenated alkanes) is 2. The molecular formula is C8H17O2. The molecule has 0 aromatic heterocycles. The first-order valence-corrected chi connectivity index (χ1v) is 3.93. The highest BCUT2D eigenvalue weighted by Gasteiger charge is 2.17. The Morgan fingerprint density at radius 3 is 2.30 bits per heavy atom. The molecule has 1 radical (unpaired) electrons. The summed E-state index contributed by atoms with van der Waals surface area (Å²) in [5.41, 5.74) is -0.463. The highest BCUT2D eigenvalue weighted by Crippen LogP contribution is 2.16. The lowest BCUT2D eigenvalue weighted by molar-refractivity contribution is -0.366. The van der Waals surface area contributed by atoms with Gasteiger partial charge in [-0.1, -0.05) is 26.2 Å². The van der Waals surface area contributed by atoms with Crippen LogP contribution in [0.2, 0.25) is 0 Å². The lowest BCUT2D eigenvalue weighted by Crippen LogP contribution is -2.21. The summed E-state index contributed by atoms with van der Waals surface area (Å²) in [7, 11) is 0. The minimum absolute atomic E-state index is 0.463. The van der Waals surface area contributed by atoms with Crippen LogP contribution in [0.1, 0.15) is 46.5 Å². The van der Waals surface area contributed by atoms with Gasteiger partial charge in [0.15, 0.2) is 0 Å². The zero-order valence-corrected chi connectivity index (χ0v) is 7.14. The van der Waals surface area contributed by atoms with Crippen molar-refractivity contribution in [2.45, 2.75) is 52.1 Å². The zero-order valence-electron chi connectivity index (χ0n) is 7.14. The molecule has 0 aliphatic carbocycles. The van der Waals surface area contributed by atoms with Crippen LogP contribution in [0.15, 0.2) is 0 Å². The SMILES string of the molecule is CCCCCC(C)(C)O[O]. The van der Waals surface area contributed by atoms with Crippen molar-refractivity contribution < 1.29 is 10.1 Å². The number of hydrogen-bond donors (Lipinski definition) is 0. The fourth-order valence-electron chi connectivity index (χ4n) is 0.842. The van der Waals surface area contributed by atoms with Crippen LogP contribution in [-0.2, 0) is 10.1 Å². The normalized spacial score (nSPS) is 12.0. The van der Waals surface area contributed by atoms with E-state index in [4.69, 9.17) is 0 Å². The zero-order chi connectivity index (χ0) is 8.04. The topological polar surface area (TPSA) is 29.1 Å². The van der Waals surface area contributed by atoms with Gasteiger partial charge >= 0.3 is 0 Å². The Morgan fingerprint density at radius 1 is 1.30 bits per heavy atom. The summed E-state index contributed by atoms with van der Waals surface area (Å²) in [5, 5.41) is 10.0. The van der Waals surface area contributed by atoms with E-state index in [9.17, 15) is 5.26 Å². The van der Waals surface area contributed by atoms with Crippen molar-refractivity contribution in [1.29, 1.82) is 0 Å². The van der Waals surface area contributed by atoms with Gasteiger partial charge in [0.1, 0.15) is 5.60 Å². The van der Waals surface area contributed by atoms with Crippen LogP contribution < -0.4 is 0 Å². The Balaban J connectivity index is 3.28. The molecule has 0 spiro atoms. The monoisotopic (exact) mass is 145 g/mol. The van der Waals surface area contributed by atoms with Crippen molar-refractivity contribution in [3.8, 4) is 0 Å². The summed E-state index contributed by atoms with van der Waals surface area (Å²) in [6, 6.07) is 0. The van der Waals surface area contributed by atoms with Crippen molar-refractivity contribution in [3.63, 3.8) is 0 Å². The summed E-state index contributed by atoms with van der Waals surface area (Å²) in [5.74, 6) is 0. The third kappa shape index (κ3) is 4.77. The maximum Gasteiger partial charge on any atom is 0.101 e. The Bertz CT molecular complexity index is 79.3. The average Bonchev–Trinajstić information content (AvgIpc) is 1.89. The van der Waals surface area contributed by atoms with Crippen LogP contribution in [0.25, 0.3) is 0 Å². The molecule has 0 aromatic carbocycles. The predicted octanol–water partition coefficient (Wildman–Crippen LogP) is 2.71. The molecule has 0 unspecified atom stereocenters. The summed E-state index contributed by atoms with van der Waals surface area (Å²) in [4.78, 5) is 4.03. The molecule has 0 saturated heterocycles. The molecule has 2 heteroatoms. The first kappa shape index (κ1) is 9.92. The van der Waals surface area contributed by atoms with Gasteiger partial charge in [-0.25, -0.2) is 0 Å². The van der Waals surface area contributed by atoms with E-state index in [0.29, 0.717) is 0 Å². The maximum absolute atomic E-state index is 10.0. The second-order valence-corrected chi connectivity index (χ2v) is 3.30. The van der Waals surface area contributed by atoms with Crippen LogP contribution in [0.4, 0.5) is 0 Å². The molecule has 0 heterocycles. The van der Waals surface area contributed by atoms with Crippen molar-refractivity contribution in [1.82, 2.24) is 0 Å². The van der Waals surface area contributed by atoms with Crippen molar-refractivity contribution in [3.05, 3.63) is 0 Å². The minimum atomic E-state index is -0.463. The molecule has 0 fully saturated rings. The van der Waals surface area contributed by atoms with Crippen LogP contribution >= 0.6 is 0 Å². The van der Waals surface area contributed by atoms with E-state index in [1.165, 1.54) is 12.8 Å². The number of hydrogen-bond acceptors (Lipinski definition) is 1. The molecule has 0 aliphatic rings. The van der Waals surface area contributed by atoms with E-state index >= 15 is 0 Å². The van der Waals surface area contributed by atoms with Gasteiger partial charge < -0.3 is 0 Å². The molecule has 61 valence electrons. The summed E-state index contributed by atoms with van der Waals surface area (Å²) in [6.07, 6.45) is 4.33. The second-order valence-electron chi connectivity index (χ2n) is 3.30. The number of rotatable bonds is 5. The van der Waals surface area contributed by atoms with E-state index in [-0.39, 0.29) is 0 Å². The minimum Gasteiger partial charge on any atom is -0.198 e.